The number of aliphatic hydroxyl groups excluding tert-OH is 1. The van der Waals surface area contributed by atoms with Gasteiger partial charge in [-0.15, -0.1) is 0 Å². The Morgan fingerprint density at radius 3 is 2.50 bits per heavy atom. The summed E-state index contributed by atoms with van der Waals surface area (Å²) in [5, 5.41) is 22.1. The van der Waals surface area contributed by atoms with Crippen molar-refractivity contribution in [1.82, 2.24) is 4.90 Å². The summed E-state index contributed by atoms with van der Waals surface area (Å²) in [5.74, 6) is 0.0379. The summed E-state index contributed by atoms with van der Waals surface area (Å²) in [4.78, 5) is 24.7. The molecule has 1 amide bonds. The van der Waals surface area contributed by atoms with Crippen LogP contribution >= 0.6 is 0 Å². The lowest BCUT2D eigenvalue weighted by Gasteiger charge is -2.37. The highest BCUT2D eigenvalue weighted by Crippen LogP contribution is 2.40. The summed E-state index contributed by atoms with van der Waals surface area (Å²) < 4.78 is 11.1. The Hall–Kier alpha value is -2.35. The minimum Gasteiger partial charge on any atom is -0.483 e. The van der Waals surface area contributed by atoms with Gasteiger partial charge >= 0.3 is 11.8 Å². The molecule has 8 nitrogen and oxygen atoms in total. The molecular formula is C20H28N2O6. The quantitative estimate of drug-likeness (QED) is 0.621. The van der Waals surface area contributed by atoms with Crippen LogP contribution in [0.25, 0.3) is 0 Å². The van der Waals surface area contributed by atoms with Crippen molar-refractivity contribution in [3.63, 3.8) is 0 Å². The molecule has 154 valence electrons. The molecule has 1 heterocycles. The van der Waals surface area contributed by atoms with Crippen molar-refractivity contribution < 1.29 is 24.3 Å². The fourth-order valence-electron chi connectivity index (χ4n) is 3.48. The SMILES string of the molecule is Cc1cc([N+](=O)[O-])c(OC2CC2)cc1C1CCN(C(=O)OC(C)(C)C)CC1O. The average molecular weight is 392 g/mol. The second-order valence-electron chi connectivity index (χ2n) is 8.64. The van der Waals surface area contributed by atoms with Crippen LogP contribution in [0, 0.1) is 17.0 Å². The normalized spacial score (nSPS) is 22.7. The largest absolute Gasteiger partial charge is 0.483 e. The minimum atomic E-state index is -0.782. The second-order valence-corrected chi connectivity index (χ2v) is 8.64. The topological polar surface area (TPSA) is 102 Å². The van der Waals surface area contributed by atoms with Crippen molar-refractivity contribution in [3.05, 3.63) is 33.4 Å². The number of amides is 1. The van der Waals surface area contributed by atoms with Crippen LogP contribution in [0.2, 0.25) is 0 Å². The maximum absolute atomic E-state index is 12.3. The number of hydrogen-bond donors (Lipinski definition) is 1. The van der Waals surface area contributed by atoms with Crippen LogP contribution in [0.5, 0.6) is 5.75 Å². The maximum Gasteiger partial charge on any atom is 0.410 e. The number of likely N-dealkylation sites (tertiary alicyclic amines) is 1. The van der Waals surface area contributed by atoms with Gasteiger partial charge in [-0.25, -0.2) is 4.79 Å². The highest BCUT2D eigenvalue weighted by molar-refractivity contribution is 5.68. The average Bonchev–Trinajstić information content (AvgIpc) is 3.38. The lowest BCUT2D eigenvalue weighted by molar-refractivity contribution is -0.386. The lowest BCUT2D eigenvalue weighted by Crippen LogP contribution is -2.47. The van der Waals surface area contributed by atoms with Gasteiger partial charge in [0.1, 0.15) is 5.60 Å². The van der Waals surface area contributed by atoms with E-state index in [-0.39, 0.29) is 30.0 Å². The molecule has 28 heavy (non-hydrogen) atoms. The number of aliphatic hydroxyl groups is 1. The first-order valence-electron chi connectivity index (χ1n) is 9.66. The third-order valence-corrected chi connectivity index (χ3v) is 5.00. The van der Waals surface area contributed by atoms with Crippen LogP contribution in [-0.2, 0) is 4.74 Å². The Labute approximate surface area is 164 Å². The van der Waals surface area contributed by atoms with E-state index in [0.717, 1.165) is 24.0 Å². The number of piperidine rings is 1. The predicted octanol–water partition coefficient (Wildman–Crippen LogP) is 3.53. The molecule has 0 bridgehead atoms. The zero-order valence-electron chi connectivity index (χ0n) is 16.8. The summed E-state index contributed by atoms with van der Waals surface area (Å²) in [6, 6.07) is 3.21. The van der Waals surface area contributed by atoms with E-state index < -0.39 is 22.7 Å². The fourth-order valence-corrected chi connectivity index (χ4v) is 3.48. The molecule has 2 fully saturated rings. The number of β-amino-alcohol motifs (C(OH)–C–C–N with tert-alkyl or cyclic N) is 1. The number of hydrogen-bond acceptors (Lipinski definition) is 6. The first-order valence-corrected chi connectivity index (χ1v) is 9.66. The van der Waals surface area contributed by atoms with Gasteiger partial charge in [-0.3, -0.25) is 10.1 Å². The molecule has 0 radical (unpaired) electrons. The molecule has 2 atom stereocenters. The van der Waals surface area contributed by atoms with E-state index in [1.54, 1.807) is 33.8 Å². The number of ether oxygens (including phenoxy) is 2. The smallest absolute Gasteiger partial charge is 0.410 e. The summed E-state index contributed by atoms with van der Waals surface area (Å²) >= 11 is 0. The molecule has 0 aromatic heterocycles. The Kier molecular flexibility index (Phi) is 5.52. The fraction of sp³-hybridized carbons (Fsp3) is 0.650. The minimum absolute atomic E-state index is 0.0354. The summed E-state index contributed by atoms with van der Waals surface area (Å²) in [6.07, 6.45) is 1.16. The van der Waals surface area contributed by atoms with Gasteiger partial charge in [0.05, 0.1) is 23.7 Å². The van der Waals surface area contributed by atoms with E-state index in [0.29, 0.717) is 13.0 Å². The van der Waals surface area contributed by atoms with Crippen molar-refractivity contribution in [2.24, 2.45) is 0 Å². The van der Waals surface area contributed by atoms with Gasteiger partial charge in [0.2, 0.25) is 0 Å². The molecule has 0 spiro atoms. The monoisotopic (exact) mass is 392 g/mol. The molecule has 1 N–H and O–H groups in total. The number of aryl methyl sites for hydroxylation is 1. The van der Waals surface area contributed by atoms with Crippen molar-refractivity contribution >= 4 is 11.8 Å². The van der Waals surface area contributed by atoms with Gasteiger partial charge in [0, 0.05) is 18.5 Å². The van der Waals surface area contributed by atoms with Crippen molar-refractivity contribution in [2.75, 3.05) is 13.1 Å². The van der Waals surface area contributed by atoms with Crippen molar-refractivity contribution in [2.45, 2.75) is 70.7 Å². The lowest BCUT2D eigenvalue weighted by atomic mass is 9.84. The molecule has 1 saturated heterocycles. The summed E-state index contributed by atoms with van der Waals surface area (Å²) in [6.45, 7) is 7.82. The number of benzene rings is 1. The van der Waals surface area contributed by atoms with Gasteiger partial charge in [0.25, 0.3) is 0 Å². The van der Waals surface area contributed by atoms with Gasteiger partial charge in [-0.2, -0.15) is 0 Å². The van der Waals surface area contributed by atoms with Gasteiger partial charge in [-0.05, 0) is 64.2 Å². The number of carbonyl (C=O) groups excluding carboxylic acids is 1. The standard InChI is InChI=1S/C20H28N2O6/c1-12-9-16(22(25)26)18(27-13-5-6-13)10-15(12)14-7-8-21(11-17(14)23)19(24)28-20(2,3)4/h9-10,13-14,17,23H,5-8,11H2,1-4H3. The Morgan fingerprint density at radius 1 is 1.29 bits per heavy atom. The van der Waals surface area contributed by atoms with Crippen LogP contribution in [0.4, 0.5) is 10.5 Å². The van der Waals surface area contributed by atoms with Crippen LogP contribution in [-0.4, -0.2) is 51.9 Å². The Bertz CT molecular complexity index is 769. The Balaban J connectivity index is 1.78. The zero-order chi connectivity index (χ0) is 20.6. The van der Waals surface area contributed by atoms with Gasteiger partial charge in [-0.1, -0.05) is 0 Å². The van der Waals surface area contributed by atoms with Crippen LogP contribution in [0.1, 0.15) is 57.1 Å². The van der Waals surface area contributed by atoms with E-state index in [2.05, 4.69) is 0 Å². The first-order chi connectivity index (χ1) is 13.0. The molecule has 1 saturated carbocycles. The maximum atomic E-state index is 12.3. The van der Waals surface area contributed by atoms with Gasteiger partial charge in [0.15, 0.2) is 5.75 Å². The number of nitrogens with zero attached hydrogens (tertiary/aromatic N) is 2. The molecule has 3 rings (SSSR count). The van der Waals surface area contributed by atoms with E-state index in [1.807, 2.05) is 0 Å². The van der Waals surface area contributed by atoms with E-state index in [1.165, 1.54) is 11.0 Å². The molecule has 2 aliphatic rings. The predicted molar refractivity (Wildman–Crippen MR) is 103 cm³/mol. The number of rotatable bonds is 4. The third-order valence-electron chi connectivity index (χ3n) is 5.00. The molecule has 1 aliphatic carbocycles. The first kappa shape index (κ1) is 20.4. The van der Waals surface area contributed by atoms with E-state index in [9.17, 15) is 20.0 Å². The number of nitro groups is 1. The molecule has 8 heteroatoms. The molecule has 1 aliphatic heterocycles. The van der Waals surface area contributed by atoms with Crippen LogP contribution < -0.4 is 4.74 Å². The summed E-state index contributed by atoms with van der Waals surface area (Å²) in [5.41, 5.74) is 0.930. The Morgan fingerprint density at radius 2 is 1.96 bits per heavy atom. The second kappa shape index (κ2) is 7.58. The molecular weight excluding hydrogens is 364 g/mol. The molecule has 2 unspecified atom stereocenters. The molecule has 1 aromatic rings. The summed E-state index contributed by atoms with van der Waals surface area (Å²) in [7, 11) is 0. The van der Waals surface area contributed by atoms with E-state index in [4.69, 9.17) is 9.47 Å². The highest BCUT2D eigenvalue weighted by atomic mass is 16.6. The third kappa shape index (κ3) is 4.73. The van der Waals surface area contributed by atoms with Crippen LogP contribution in [0.3, 0.4) is 0 Å². The number of nitro benzene ring substituents is 1. The van der Waals surface area contributed by atoms with Gasteiger partial charge < -0.3 is 19.5 Å². The van der Waals surface area contributed by atoms with Crippen LogP contribution in [0.15, 0.2) is 12.1 Å². The highest BCUT2D eigenvalue weighted by Gasteiger charge is 2.35. The zero-order valence-corrected chi connectivity index (χ0v) is 16.8. The van der Waals surface area contributed by atoms with E-state index >= 15 is 0 Å². The molecule has 1 aromatic carbocycles. The number of carbonyl (C=O) groups is 1. The van der Waals surface area contributed by atoms with Crippen molar-refractivity contribution in [1.29, 1.82) is 0 Å². The van der Waals surface area contributed by atoms with Crippen molar-refractivity contribution in [3.8, 4) is 5.75 Å².